The average Bonchev–Trinajstić information content (AvgIpc) is 2.55. The van der Waals surface area contributed by atoms with E-state index in [4.69, 9.17) is 5.11 Å². The van der Waals surface area contributed by atoms with Crippen molar-refractivity contribution < 1.29 is 9.90 Å². The van der Waals surface area contributed by atoms with Crippen LogP contribution in [0.5, 0.6) is 0 Å². The number of anilines is 4. The minimum absolute atomic E-state index is 0.0340. The Bertz CT molecular complexity index is 701. The number of benzene rings is 1. The Balaban J connectivity index is 2.27. The summed E-state index contributed by atoms with van der Waals surface area (Å²) >= 11 is 0. The van der Waals surface area contributed by atoms with Gasteiger partial charge in [-0.2, -0.15) is 0 Å². The van der Waals surface area contributed by atoms with Gasteiger partial charge in [0.15, 0.2) is 0 Å². The number of hydrogen-bond acceptors (Lipinski definition) is 5. The first-order valence-electron chi connectivity index (χ1n) is 7.53. The summed E-state index contributed by atoms with van der Waals surface area (Å²) in [6.45, 7) is 2.04. The van der Waals surface area contributed by atoms with E-state index in [1.807, 2.05) is 45.3 Å². The number of aryl methyl sites for hydroxylation is 1. The van der Waals surface area contributed by atoms with Crippen molar-refractivity contribution in [2.24, 2.45) is 0 Å². The summed E-state index contributed by atoms with van der Waals surface area (Å²) < 4.78 is 0. The van der Waals surface area contributed by atoms with Crippen LogP contribution in [-0.4, -0.2) is 30.2 Å². The van der Waals surface area contributed by atoms with Gasteiger partial charge in [-0.1, -0.05) is 19.1 Å². The van der Waals surface area contributed by atoms with Crippen molar-refractivity contribution in [1.82, 2.24) is 4.98 Å². The van der Waals surface area contributed by atoms with E-state index in [2.05, 4.69) is 20.9 Å². The van der Waals surface area contributed by atoms with Crippen molar-refractivity contribution in [1.29, 1.82) is 0 Å². The van der Waals surface area contributed by atoms with Gasteiger partial charge in [-0.25, -0.2) is 4.98 Å². The maximum Gasteiger partial charge on any atom is 0.307 e. The molecule has 6 heteroatoms. The molecule has 0 unspecified atom stereocenters. The van der Waals surface area contributed by atoms with Crippen LogP contribution in [0.25, 0.3) is 0 Å². The maximum atomic E-state index is 10.8. The lowest BCUT2D eigenvalue weighted by Crippen LogP contribution is -2.04. The van der Waals surface area contributed by atoms with Crippen LogP contribution in [0.15, 0.2) is 30.5 Å². The van der Waals surface area contributed by atoms with E-state index in [-0.39, 0.29) is 6.42 Å². The Morgan fingerprint density at radius 3 is 2.48 bits per heavy atom. The molecule has 4 N–H and O–H groups in total. The van der Waals surface area contributed by atoms with Gasteiger partial charge in [0, 0.05) is 25.8 Å². The first-order chi connectivity index (χ1) is 11.1. The molecule has 0 bridgehead atoms. The number of aromatic nitrogens is 1. The molecule has 0 fully saturated rings. The lowest BCUT2D eigenvalue weighted by Gasteiger charge is -2.14. The SMILES string of the molecule is CCc1cc(CC(=O)O)ccc1Nc1cc(NC)c(NC)cn1. The summed E-state index contributed by atoms with van der Waals surface area (Å²) in [4.78, 5) is 15.2. The van der Waals surface area contributed by atoms with E-state index in [9.17, 15) is 4.79 Å². The zero-order valence-electron chi connectivity index (χ0n) is 13.6. The summed E-state index contributed by atoms with van der Waals surface area (Å²) in [5, 5.41) is 18.4. The number of carbonyl (C=O) groups is 1. The molecule has 0 amide bonds. The van der Waals surface area contributed by atoms with Crippen LogP contribution >= 0.6 is 0 Å². The highest BCUT2D eigenvalue weighted by Crippen LogP contribution is 2.27. The second kappa shape index (κ2) is 7.49. The Kier molecular flexibility index (Phi) is 5.41. The minimum Gasteiger partial charge on any atom is -0.481 e. The molecule has 0 saturated heterocycles. The van der Waals surface area contributed by atoms with Gasteiger partial charge in [-0.05, 0) is 23.6 Å². The largest absolute Gasteiger partial charge is 0.481 e. The normalized spacial score (nSPS) is 10.2. The third-order valence-corrected chi connectivity index (χ3v) is 3.61. The molecule has 1 aromatic carbocycles. The van der Waals surface area contributed by atoms with Crippen molar-refractivity contribution >= 4 is 28.8 Å². The van der Waals surface area contributed by atoms with Gasteiger partial charge in [0.25, 0.3) is 0 Å². The van der Waals surface area contributed by atoms with Crippen molar-refractivity contribution in [3.8, 4) is 0 Å². The summed E-state index contributed by atoms with van der Waals surface area (Å²) in [5.74, 6) is -0.0928. The van der Waals surface area contributed by atoms with Crippen LogP contribution < -0.4 is 16.0 Å². The summed E-state index contributed by atoms with van der Waals surface area (Å²) in [5.41, 5.74) is 4.67. The molecule has 2 aromatic rings. The van der Waals surface area contributed by atoms with E-state index >= 15 is 0 Å². The standard InChI is InChI=1S/C17H22N4O2/c1-4-12-7-11(8-17(22)23)5-6-13(12)21-16-9-14(18-2)15(19-3)10-20-16/h5-7,9-10,19H,4,8H2,1-3H3,(H,22,23)(H2,18,20,21). The number of aliphatic carboxylic acids is 1. The zero-order valence-corrected chi connectivity index (χ0v) is 13.6. The lowest BCUT2D eigenvalue weighted by atomic mass is 10.0. The van der Waals surface area contributed by atoms with Crippen LogP contribution in [0.4, 0.5) is 22.9 Å². The number of hydrogen-bond donors (Lipinski definition) is 4. The highest BCUT2D eigenvalue weighted by Gasteiger charge is 2.08. The number of nitrogens with one attached hydrogen (secondary N) is 3. The average molecular weight is 314 g/mol. The fraction of sp³-hybridized carbons (Fsp3) is 0.294. The molecule has 6 nitrogen and oxygen atoms in total. The van der Waals surface area contributed by atoms with Gasteiger partial charge in [0.05, 0.1) is 24.0 Å². The molecule has 0 aliphatic carbocycles. The predicted octanol–water partition coefficient (Wildman–Crippen LogP) is 3.10. The first-order valence-corrected chi connectivity index (χ1v) is 7.53. The number of carboxylic acids is 1. The van der Waals surface area contributed by atoms with Crippen LogP contribution in [0.1, 0.15) is 18.1 Å². The van der Waals surface area contributed by atoms with E-state index < -0.39 is 5.97 Å². The molecule has 2 rings (SSSR count). The van der Waals surface area contributed by atoms with E-state index in [1.165, 1.54) is 0 Å². The third-order valence-electron chi connectivity index (χ3n) is 3.61. The van der Waals surface area contributed by atoms with E-state index in [0.717, 1.165) is 40.4 Å². The van der Waals surface area contributed by atoms with Crippen molar-refractivity contribution in [3.05, 3.63) is 41.6 Å². The Labute approximate surface area is 136 Å². The van der Waals surface area contributed by atoms with Crippen LogP contribution in [0.2, 0.25) is 0 Å². The molecule has 23 heavy (non-hydrogen) atoms. The Hall–Kier alpha value is -2.76. The fourth-order valence-corrected chi connectivity index (χ4v) is 2.41. The van der Waals surface area contributed by atoms with Gasteiger partial charge >= 0.3 is 5.97 Å². The lowest BCUT2D eigenvalue weighted by molar-refractivity contribution is -0.136. The molecular formula is C17H22N4O2. The highest BCUT2D eigenvalue weighted by molar-refractivity contribution is 5.74. The van der Waals surface area contributed by atoms with Crippen molar-refractivity contribution in [2.45, 2.75) is 19.8 Å². The minimum atomic E-state index is -0.823. The van der Waals surface area contributed by atoms with Crippen LogP contribution in [-0.2, 0) is 17.6 Å². The topological polar surface area (TPSA) is 86.3 Å². The first kappa shape index (κ1) is 16.6. The number of rotatable bonds is 7. The monoisotopic (exact) mass is 314 g/mol. The molecule has 0 radical (unpaired) electrons. The van der Waals surface area contributed by atoms with Crippen LogP contribution in [0.3, 0.4) is 0 Å². The molecule has 122 valence electrons. The molecular weight excluding hydrogens is 292 g/mol. The number of carboxylic acid groups (broad SMARTS) is 1. The molecule has 0 aliphatic heterocycles. The number of pyridine rings is 1. The summed E-state index contributed by atoms with van der Waals surface area (Å²) in [6.07, 6.45) is 2.61. The summed E-state index contributed by atoms with van der Waals surface area (Å²) in [6, 6.07) is 7.59. The number of nitrogens with zero attached hydrogens (tertiary/aromatic N) is 1. The van der Waals surface area contributed by atoms with Gasteiger partial charge in [0.1, 0.15) is 5.82 Å². The van der Waals surface area contributed by atoms with Gasteiger partial charge in [-0.3, -0.25) is 4.79 Å². The zero-order chi connectivity index (χ0) is 16.8. The molecule has 0 saturated carbocycles. The maximum absolute atomic E-state index is 10.8. The van der Waals surface area contributed by atoms with Gasteiger partial charge in [-0.15, -0.1) is 0 Å². The molecule has 0 aliphatic rings. The highest BCUT2D eigenvalue weighted by atomic mass is 16.4. The van der Waals surface area contributed by atoms with Gasteiger partial charge in [0.2, 0.25) is 0 Å². The predicted molar refractivity (Wildman–Crippen MR) is 93.8 cm³/mol. The Morgan fingerprint density at radius 2 is 1.87 bits per heavy atom. The third kappa shape index (κ3) is 4.12. The smallest absolute Gasteiger partial charge is 0.307 e. The second-order valence-electron chi connectivity index (χ2n) is 5.16. The Morgan fingerprint density at radius 1 is 1.13 bits per heavy atom. The fourth-order valence-electron chi connectivity index (χ4n) is 2.41. The van der Waals surface area contributed by atoms with Crippen molar-refractivity contribution in [2.75, 3.05) is 30.0 Å². The summed E-state index contributed by atoms with van der Waals surface area (Å²) in [7, 11) is 3.71. The van der Waals surface area contributed by atoms with Crippen LogP contribution in [0, 0.1) is 0 Å². The second-order valence-corrected chi connectivity index (χ2v) is 5.16. The molecule has 1 aromatic heterocycles. The van der Waals surface area contributed by atoms with Gasteiger partial charge < -0.3 is 21.1 Å². The molecule has 0 atom stereocenters. The van der Waals surface area contributed by atoms with Crippen molar-refractivity contribution in [3.63, 3.8) is 0 Å². The molecule has 0 spiro atoms. The molecule has 1 heterocycles. The van der Waals surface area contributed by atoms with E-state index in [1.54, 1.807) is 6.20 Å². The van der Waals surface area contributed by atoms with E-state index in [0.29, 0.717) is 0 Å². The quantitative estimate of drug-likeness (QED) is 0.628.